The third-order valence-electron chi connectivity index (χ3n) is 3.18. The van der Waals surface area contributed by atoms with Gasteiger partial charge in [-0.2, -0.15) is 0 Å². The normalized spacial score (nSPS) is 11.6. The number of aryl methyl sites for hydroxylation is 1. The first-order valence-electron chi connectivity index (χ1n) is 6.99. The van der Waals surface area contributed by atoms with Gasteiger partial charge in [-0.1, -0.05) is 18.2 Å². The highest BCUT2D eigenvalue weighted by atomic mass is 32.1. The zero-order valence-electron chi connectivity index (χ0n) is 12.6. The van der Waals surface area contributed by atoms with Gasteiger partial charge >= 0.3 is 0 Å². The molecule has 3 nitrogen and oxygen atoms in total. The van der Waals surface area contributed by atoms with E-state index in [4.69, 9.17) is 12.2 Å². The fourth-order valence-corrected chi connectivity index (χ4v) is 2.75. The number of aromatic nitrogens is 1. The Morgan fingerprint density at radius 3 is 2.65 bits per heavy atom. The molecule has 0 atom stereocenters. The quantitative estimate of drug-likeness (QED) is 0.759. The first-order valence-corrected chi connectivity index (χ1v) is 7.40. The van der Waals surface area contributed by atoms with E-state index in [-0.39, 0.29) is 5.54 Å². The van der Waals surface area contributed by atoms with Crippen LogP contribution in [0.5, 0.6) is 0 Å². The minimum absolute atomic E-state index is 0.000775. The van der Waals surface area contributed by atoms with Crippen molar-refractivity contribution in [1.29, 1.82) is 0 Å². The molecule has 0 aliphatic heterocycles. The summed E-state index contributed by atoms with van der Waals surface area (Å²) in [5.41, 5.74) is 3.81. The summed E-state index contributed by atoms with van der Waals surface area (Å²) in [6, 6.07) is 8.42. The van der Waals surface area contributed by atoms with Crippen LogP contribution in [0.15, 0.2) is 24.3 Å². The van der Waals surface area contributed by atoms with Crippen LogP contribution in [0.2, 0.25) is 0 Å². The number of aromatic amines is 1. The number of para-hydroxylation sites is 1. The van der Waals surface area contributed by atoms with Crippen LogP contribution in [0.4, 0.5) is 0 Å². The minimum Gasteiger partial charge on any atom is -0.362 e. The molecule has 4 heteroatoms. The lowest BCUT2D eigenvalue weighted by molar-refractivity contribution is 0.507. The van der Waals surface area contributed by atoms with Gasteiger partial charge in [0.15, 0.2) is 5.11 Å². The molecule has 0 saturated heterocycles. The molecule has 1 heterocycles. The van der Waals surface area contributed by atoms with Gasteiger partial charge in [-0.05, 0) is 58.0 Å². The largest absolute Gasteiger partial charge is 0.362 e. The van der Waals surface area contributed by atoms with Crippen molar-refractivity contribution in [3.63, 3.8) is 0 Å². The number of thiocarbonyl (C=S) groups is 1. The third kappa shape index (κ3) is 3.73. The summed E-state index contributed by atoms with van der Waals surface area (Å²) < 4.78 is 0. The van der Waals surface area contributed by atoms with E-state index in [1.807, 2.05) is 0 Å². The Morgan fingerprint density at radius 1 is 1.25 bits per heavy atom. The van der Waals surface area contributed by atoms with Gasteiger partial charge in [-0.25, -0.2) is 0 Å². The van der Waals surface area contributed by atoms with Gasteiger partial charge in [0.1, 0.15) is 0 Å². The lowest BCUT2D eigenvalue weighted by Gasteiger charge is -2.23. The fourth-order valence-electron chi connectivity index (χ4n) is 2.34. The zero-order valence-corrected chi connectivity index (χ0v) is 13.4. The van der Waals surface area contributed by atoms with Gasteiger partial charge in [0.25, 0.3) is 0 Å². The molecule has 0 fully saturated rings. The Hall–Kier alpha value is -1.55. The number of hydrogen-bond acceptors (Lipinski definition) is 1. The Bertz CT molecular complexity index is 608. The van der Waals surface area contributed by atoms with Crippen molar-refractivity contribution in [3.05, 3.63) is 35.5 Å². The van der Waals surface area contributed by atoms with Crippen LogP contribution in [0, 0.1) is 6.92 Å². The fraction of sp³-hybridized carbons (Fsp3) is 0.438. The molecule has 1 aromatic heterocycles. The van der Waals surface area contributed by atoms with E-state index in [1.165, 1.54) is 22.2 Å². The number of rotatable bonds is 3. The van der Waals surface area contributed by atoms with E-state index in [1.54, 1.807) is 0 Å². The number of nitrogens with one attached hydrogen (secondary N) is 3. The SMILES string of the molecule is Cc1[nH]c2ccccc2c1CCNC(=S)NC(C)(C)C. The second-order valence-corrected chi connectivity index (χ2v) is 6.56. The maximum atomic E-state index is 5.30. The van der Waals surface area contributed by atoms with Gasteiger partial charge < -0.3 is 15.6 Å². The van der Waals surface area contributed by atoms with Crippen LogP contribution in [0.3, 0.4) is 0 Å². The van der Waals surface area contributed by atoms with E-state index < -0.39 is 0 Å². The van der Waals surface area contributed by atoms with Crippen LogP contribution in [0.1, 0.15) is 32.0 Å². The van der Waals surface area contributed by atoms with Crippen LogP contribution in [-0.2, 0) is 6.42 Å². The van der Waals surface area contributed by atoms with Gasteiger partial charge in [-0.3, -0.25) is 0 Å². The molecule has 0 aliphatic rings. The Kier molecular flexibility index (Phi) is 4.33. The molecule has 0 bridgehead atoms. The first kappa shape index (κ1) is 14.9. The molecule has 0 amide bonds. The van der Waals surface area contributed by atoms with Crippen molar-refractivity contribution >= 4 is 28.2 Å². The summed E-state index contributed by atoms with van der Waals surface area (Å²) in [4.78, 5) is 3.43. The monoisotopic (exact) mass is 289 g/mol. The highest BCUT2D eigenvalue weighted by Crippen LogP contribution is 2.21. The van der Waals surface area contributed by atoms with Crippen LogP contribution in [-0.4, -0.2) is 22.2 Å². The summed E-state index contributed by atoms with van der Waals surface area (Å²) in [5.74, 6) is 0. The average Bonchev–Trinajstić information content (AvgIpc) is 2.64. The molecule has 2 rings (SSSR count). The van der Waals surface area contributed by atoms with Crippen molar-refractivity contribution in [3.8, 4) is 0 Å². The van der Waals surface area contributed by atoms with Crippen molar-refractivity contribution in [2.45, 2.75) is 39.7 Å². The first-order chi connectivity index (χ1) is 9.37. The highest BCUT2D eigenvalue weighted by Gasteiger charge is 2.11. The lowest BCUT2D eigenvalue weighted by Crippen LogP contribution is -2.46. The van der Waals surface area contributed by atoms with Crippen LogP contribution < -0.4 is 10.6 Å². The molecule has 0 aliphatic carbocycles. The topological polar surface area (TPSA) is 39.9 Å². The summed E-state index contributed by atoms with van der Waals surface area (Å²) in [7, 11) is 0. The minimum atomic E-state index is 0.000775. The number of benzene rings is 1. The van der Waals surface area contributed by atoms with E-state index in [0.29, 0.717) is 0 Å². The molecule has 3 N–H and O–H groups in total. The molecule has 0 saturated carbocycles. The van der Waals surface area contributed by atoms with E-state index >= 15 is 0 Å². The average molecular weight is 289 g/mol. The van der Waals surface area contributed by atoms with Crippen molar-refractivity contribution < 1.29 is 0 Å². The predicted molar refractivity (Wildman–Crippen MR) is 90.2 cm³/mol. The van der Waals surface area contributed by atoms with E-state index in [2.05, 4.69) is 67.6 Å². The van der Waals surface area contributed by atoms with Gasteiger partial charge in [-0.15, -0.1) is 0 Å². The molecule has 0 radical (unpaired) electrons. The van der Waals surface area contributed by atoms with E-state index in [0.717, 1.165) is 18.1 Å². The van der Waals surface area contributed by atoms with Crippen molar-refractivity contribution in [2.75, 3.05) is 6.54 Å². The predicted octanol–water partition coefficient (Wildman–Crippen LogP) is 3.28. The van der Waals surface area contributed by atoms with Crippen molar-refractivity contribution in [1.82, 2.24) is 15.6 Å². The lowest BCUT2D eigenvalue weighted by atomic mass is 10.1. The van der Waals surface area contributed by atoms with Crippen LogP contribution in [0.25, 0.3) is 10.9 Å². The number of hydrogen-bond donors (Lipinski definition) is 3. The summed E-state index contributed by atoms with van der Waals surface area (Å²) in [5, 5.41) is 8.56. The zero-order chi connectivity index (χ0) is 14.8. The summed E-state index contributed by atoms with van der Waals surface area (Å²) >= 11 is 5.30. The second kappa shape index (κ2) is 5.83. The van der Waals surface area contributed by atoms with Gasteiger partial charge in [0, 0.05) is 28.7 Å². The maximum Gasteiger partial charge on any atom is 0.166 e. The second-order valence-electron chi connectivity index (χ2n) is 6.16. The summed E-state index contributed by atoms with van der Waals surface area (Å²) in [6.07, 6.45) is 0.960. The van der Waals surface area contributed by atoms with Crippen LogP contribution >= 0.6 is 12.2 Å². The van der Waals surface area contributed by atoms with E-state index in [9.17, 15) is 0 Å². The number of H-pyrrole nitrogens is 1. The number of fused-ring (bicyclic) bond motifs is 1. The molecular formula is C16H23N3S. The highest BCUT2D eigenvalue weighted by molar-refractivity contribution is 7.80. The Morgan fingerprint density at radius 2 is 1.95 bits per heavy atom. The maximum absolute atomic E-state index is 5.30. The Labute approximate surface area is 126 Å². The standard InChI is InChI=1S/C16H23N3S/c1-11-12(13-7-5-6-8-14(13)18-11)9-10-17-15(20)19-16(2,3)4/h5-8,18H,9-10H2,1-4H3,(H2,17,19,20). The molecular weight excluding hydrogens is 266 g/mol. The molecule has 108 valence electrons. The van der Waals surface area contributed by atoms with Gasteiger partial charge in [0.2, 0.25) is 0 Å². The molecule has 20 heavy (non-hydrogen) atoms. The third-order valence-corrected chi connectivity index (χ3v) is 3.42. The Balaban J connectivity index is 1.96. The molecule has 0 unspecified atom stereocenters. The summed E-state index contributed by atoms with van der Waals surface area (Å²) in [6.45, 7) is 9.27. The van der Waals surface area contributed by atoms with Gasteiger partial charge in [0.05, 0.1) is 0 Å². The smallest absolute Gasteiger partial charge is 0.166 e. The molecule has 0 spiro atoms. The molecule has 2 aromatic rings. The molecule has 1 aromatic carbocycles. The van der Waals surface area contributed by atoms with Crippen molar-refractivity contribution in [2.24, 2.45) is 0 Å².